The summed E-state index contributed by atoms with van der Waals surface area (Å²) in [4.78, 5) is 6.59. The van der Waals surface area contributed by atoms with Crippen LogP contribution in [-0.2, 0) is 16.4 Å². The molecule has 0 aromatic heterocycles. The first-order valence-electron chi connectivity index (χ1n) is 10.0. The Morgan fingerprint density at radius 3 is 2.38 bits per heavy atom. The van der Waals surface area contributed by atoms with Crippen molar-refractivity contribution in [2.24, 2.45) is 4.99 Å². The molecule has 0 aliphatic carbocycles. The molecule has 1 heterocycles. The largest absolute Gasteiger partial charge is 0.355 e. The van der Waals surface area contributed by atoms with Gasteiger partial charge in [-0.2, -0.15) is 0 Å². The zero-order valence-corrected chi connectivity index (χ0v) is 21.3. The van der Waals surface area contributed by atoms with E-state index in [4.69, 9.17) is 0 Å². The molecule has 0 bridgehead atoms. The fraction of sp³-hybridized carbons (Fsp3) is 0.650. The minimum absolute atomic E-state index is 0. The van der Waals surface area contributed by atoms with Gasteiger partial charge in [0.25, 0.3) is 0 Å². The summed E-state index contributed by atoms with van der Waals surface area (Å²) < 4.78 is 27.0. The quantitative estimate of drug-likeness (QED) is 0.287. The molecular formula is C20H36IN5O2S. The number of para-hydroxylation sites is 1. The number of guanidine groups is 1. The highest BCUT2D eigenvalue weighted by Crippen LogP contribution is 2.29. The molecule has 29 heavy (non-hydrogen) atoms. The number of aliphatic imine (C=N–C) groups is 1. The molecule has 0 saturated heterocycles. The van der Waals surface area contributed by atoms with Crippen LogP contribution in [0.2, 0.25) is 0 Å². The van der Waals surface area contributed by atoms with Gasteiger partial charge in [0.15, 0.2) is 5.96 Å². The number of hydrogen-bond acceptors (Lipinski definition) is 4. The molecule has 0 unspecified atom stereocenters. The fourth-order valence-electron chi connectivity index (χ4n) is 3.64. The fourth-order valence-corrected chi connectivity index (χ4v) is 5.07. The Morgan fingerprint density at radius 2 is 1.76 bits per heavy atom. The average molecular weight is 538 g/mol. The number of benzene rings is 1. The number of anilines is 1. The van der Waals surface area contributed by atoms with Crippen LogP contribution < -0.4 is 14.9 Å². The first-order chi connectivity index (χ1) is 13.3. The number of rotatable bonds is 9. The first-order valence-corrected chi connectivity index (χ1v) is 11.7. The summed E-state index contributed by atoms with van der Waals surface area (Å²) in [6.07, 6.45) is 0.772. The molecule has 0 saturated carbocycles. The number of nitrogens with zero attached hydrogens (tertiary/aromatic N) is 3. The van der Waals surface area contributed by atoms with Crippen LogP contribution in [-0.4, -0.2) is 70.3 Å². The van der Waals surface area contributed by atoms with Crippen molar-refractivity contribution in [1.82, 2.24) is 15.5 Å². The molecule has 1 aromatic carbocycles. The van der Waals surface area contributed by atoms with E-state index in [0.717, 1.165) is 30.8 Å². The number of sulfonamides is 1. The summed E-state index contributed by atoms with van der Waals surface area (Å²) in [5, 5.41) is 6.39. The number of nitrogens with one attached hydrogen (secondary N) is 2. The predicted molar refractivity (Wildman–Crippen MR) is 133 cm³/mol. The van der Waals surface area contributed by atoms with E-state index in [9.17, 15) is 8.42 Å². The van der Waals surface area contributed by atoms with Gasteiger partial charge in [-0.3, -0.25) is 14.2 Å². The van der Waals surface area contributed by atoms with Crippen molar-refractivity contribution < 1.29 is 8.42 Å². The van der Waals surface area contributed by atoms with Gasteiger partial charge in [-0.1, -0.05) is 18.2 Å². The zero-order valence-electron chi connectivity index (χ0n) is 18.2. The molecule has 2 rings (SSSR count). The van der Waals surface area contributed by atoms with E-state index in [2.05, 4.69) is 48.2 Å². The molecule has 9 heteroatoms. The van der Waals surface area contributed by atoms with Crippen molar-refractivity contribution in [3.05, 3.63) is 29.8 Å². The number of fused-ring (bicyclic) bond motifs is 1. The van der Waals surface area contributed by atoms with Gasteiger partial charge >= 0.3 is 0 Å². The van der Waals surface area contributed by atoms with E-state index in [1.54, 1.807) is 7.05 Å². The Morgan fingerprint density at radius 1 is 1.14 bits per heavy atom. The van der Waals surface area contributed by atoms with Crippen LogP contribution >= 0.6 is 24.0 Å². The summed E-state index contributed by atoms with van der Waals surface area (Å²) in [7, 11) is -1.66. The minimum atomic E-state index is -3.35. The maximum absolute atomic E-state index is 12.7. The predicted octanol–water partition coefficient (Wildman–Crippen LogP) is 2.28. The highest BCUT2D eigenvalue weighted by atomic mass is 127. The van der Waals surface area contributed by atoms with Crippen LogP contribution in [0, 0.1) is 0 Å². The Hall–Kier alpha value is -1.07. The molecule has 1 aromatic rings. The highest BCUT2D eigenvalue weighted by Gasteiger charge is 2.28. The highest BCUT2D eigenvalue weighted by molar-refractivity contribution is 14.0. The van der Waals surface area contributed by atoms with E-state index in [1.165, 1.54) is 4.31 Å². The molecule has 0 radical (unpaired) electrons. The van der Waals surface area contributed by atoms with Gasteiger partial charge in [0, 0.05) is 45.3 Å². The monoisotopic (exact) mass is 537 g/mol. The Bertz CT molecular complexity index is 760. The second kappa shape index (κ2) is 11.9. The summed E-state index contributed by atoms with van der Waals surface area (Å²) >= 11 is 0. The van der Waals surface area contributed by atoms with E-state index >= 15 is 0 Å². The van der Waals surface area contributed by atoms with Gasteiger partial charge in [0.2, 0.25) is 10.0 Å². The summed E-state index contributed by atoms with van der Waals surface area (Å²) in [5.74, 6) is 0.663. The van der Waals surface area contributed by atoms with Crippen LogP contribution in [0.4, 0.5) is 5.69 Å². The van der Waals surface area contributed by atoms with Crippen molar-refractivity contribution >= 4 is 45.6 Å². The molecule has 7 nitrogen and oxygen atoms in total. The summed E-state index contributed by atoms with van der Waals surface area (Å²) in [6.45, 7) is 11.3. The third-order valence-electron chi connectivity index (χ3n) is 5.05. The molecule has 0 amide bonds. The maximum Gasteiger partial charge on any atom is 0.236 e. The molecular weight excluding hydrogens is 501 g/mol. The van der Waals surface area contributed by atoms with Crippen LogP contribution in [0.5, 0.6) is 0 Å². The van der Waals surface area contributed by atoms with Crippen molar-refractivity contribution in [1.29, 1.82) is 0 Å². The van der Waals surface area contributed by atoms with Crippen molar-refractivity contribution in [3.8, 4) is 0 Å². The second-order valence-corrected chi connectivity index (χ2v) is 9.63. The summed E-state index contributed by atoms with van der Waals surface area (Å²) in [6, 6.07) is 8.66. The van der Waals surface area contributed by atoms with Crippen molar-refractivity contribution in [2.75, 3.05) is 43.3 Å². The first kappa shape index (κ1) is 26.0. The number of hydrogen-bond donors (Lipinski definition) is 2. The SMILES string of the molecule is CN=C(NCCN(C(C)C)C(C)C)NCCS(=O)(=O)N1CCc2ccccc21.I. The maximum atomic E-state index is 12.7. The van der Waals surface area contributed by atoms with Gasteiger partial charge in [-0.05, 0) is 45.7 Å². The average Bonchev–Trinajstić information content (AvgIpc) is 3.08. The Kier molecular flexibility index (Phi) is 10.7. The number of halogens is 1. The van der Waals surface area contributed by atoms with E-state index in [-0.39, 0.29) is 29.7 Å². The van der Waals surface area contributed by atoms with Crippen LogP contribution in [0.3, 0.4) is 0 Å². The van der Waals surface area contributed by atoms with Crippen LogP contribution in [0.1, 0.15) is 33.3 Å². The lowest BCUT2D eigenvalue weighted by atomic mass is 10.2. The molecule has 0 fully saturated rings. The van der Waals surface area contributed by atoms with Crippen molar-refractivity contribution in [3.63, 3.8) is 0 Å². The molecule has 1 aliphatic heterocycles. The van der Waals surface area contributed by atoms with Gasteiger partial charge in [0.1, 0.15) is 0 Å². The molecule has 1 aliphatic rings. The zero-order chi connectivity index (χ0) is 20.7. The van der Waals surface area contributed by atoms with E-state index in [1.807, 2.05) is 24.3 Å². The molecule has 0 spiro atoms. The van der Waals surface area contributed by atoms with Gasteiger partial charge in [-0.25, -0.2) is 8.42 Å². The standard InChI is InChI=1S/C20H35N5O2S.HI/c1-16(2)24(17(3)4)14-11-22-20(21-5)23-12-15-28(26,27)25-13-10-18-8-6-7-9-19(18)25;/h6-9,16-17H,10-15H2,1-5H3,(H2,21,22,23);1H. The molecule has 166 valence electrons. The van der Waals surface area contributed by atoms with E-state index in [0.29, 0.717) is 31.1 Å². The minimum Gasteiger partial charge on any atom is -0.355 e. The molecule has 0 atom stereocenters. The van der Waals surface area contributed by atoms with Crippen molar-refractivity contribution in [2.45, 2.75) is 46.2 Å². The normalized spacial score (nSPS) is 14.3. The lowest BCUT2D eigenvalue weighted by molar-refractivity contribution is 0.178. The smallest absolute Gasteiger partial charge is 0.236 e. The summed E-state index contributed by atoms with van der Waals surface area (Å²) in [5.41, 5.74) is 1.91. The van der Waals surface area contributed by atoms with Gasteiger partial charge in [0.05, 0.1) is 11.4 Å². The third-order valence-corrected chi connectivity index (χ3v) is 6.82. The van der Waals surface area contributed by atoms with Gasteiger partial charge in [-0.15, -0.1) is 24.0 Å². The third kappa shape index (κ3) is 7.29. The van der Waals surface area contributed by atoms with Crippen LogP contribution in [0.25, 0.3) is 0 Å². The second-order valence-electron chi connectivity index (χ2n) is 7.62. The molecule has 2 N–H and O–H groups in total. The lowest BCUT2D eigenvalue weighted by Crippen LogP contribution is -2.46. The van der Waals surface area contributed by atoms with E-state index < -0.39 is 10.0 Å². The Balaban J connectivity index is 0.00000420. The topological polar surface area (TPSA) is 77.0 Å². The van der Waals surface area contributed by atoms with Crippen LogP contribution in [0.15, 0.2) is 29.3 Å². The van der Waals surface area contributed by atoms with Gasteiger partial charge < -0.3 is 10.6 Å². The lowest BCUT2D eigenvalue weighted by Gasteiger charge is -2.30. The Labute approximate surface area is 193 Å².